The molecule has 0 aliphatic heterocycles. The van der Waals surface area contributed by atoms with Gasteiger partial charge in [-0.3, -0.25) is 4.79 Å². The number of hydrogen-bond donors (Lipinski definition) is 2. The predicted octanol–water partition coefficient (Wildman–Crippen LogP) is 2.22. The molecule has 2 N–H and O–H groups in total. The summed E-state index contributed by atoms with van der Waals surface area (Å²) in [6.45, 7) is 0.655. The Morgan fingerprint density at radius 2 is 1.62 bits per heavy atom. The quantitative estimate of drug-likeness (QED) is 0.704. The first-order valence-electron chi connectivity index (χ1n) is 7.97. The van der Waals surface area contributed by atoms with Crippen LogP contribution in [0.5, 0.6) is 11.5 Å². The molecular weight excluding hydrogens is 336 g/mol. The van der Waals surface area contributed by atoms with Crippen molar-refractivity contribution in [3.8, 4) is 11.5 Å². The van der Waals surface area contributed by atoms with E-state index in [0.29, 0.717) is 29.3 Å². The lowest BCUT2D eigenvalue weighted by Gasteiger charge is -2.10. The molecule has 0 spiro atoms. The molecule has 2 aromatic carbocycles. The van der Waals surface area contributed by atoms with Gasteiger partial charge in [0.15, 0.2) is 11.5 Å². The van der Waals surface area contributed by atoms with Crippen molar-refractivity contribution < 1.29 is 23.8 Å². The van der Waals surface area contributed by atoms with Crippen molar-refractivity contribution in [1.29, 1.82) is 0 Å². The maximum Gasteiger partial charge on any atom is 0.337 e. The summed E-state index contributed by atoms with van der Waals surface area (Å²) in [5.74, 6) is 0.696. The molecule has 7 heteroatoms. The van der Waals surface area contributed by atoms with E-state index in [-0.39, 0.29) is 12.5 Å². The van der Waals surface area contributed by atoms with E-state index in [1.165, 1.54) is 7.11 Å². The number of nitrogens with one attached hydrogen (secondary N) is 2. The second kappa shape index (κ2) is 9.43. The molecule has 0 aliphatic rings. The van der Waals surface area contributed by atoms with Crippen LogP contribution in [0.1, 0.15) is 15.9 Å². The van der Waals surface area contributed by atoms with Crippen molar-refractivity contribution in [2.24, 2.45) is 0 Å². The third-order valence-electron chi connectivity index (χ3n) is 3.65. The summed E-state index contributed by atoms with van der Waals surface area (Å²) in [6, 6.07) is 12.1. The first-order valence-corrected chi connectivity index (χ1v) is 7.97. The Morgan fingerprint density at radius 3 is 2.23 bits per heavy atom. The van der Waals surface area contributed by atoms with Crippen LogP contribution in [0, 0.1) is 0 Å². The van der Waals surface area contributed by atoms with Crippen molar-refractivity contribution in [2.45, 2.75) is 6.54 Å². The zero-order valence-corrected chi connectivity index (χ0v) is 15.0. The lowest BCUT2D eigenvalue weighted by molar-refractivity contribution is -0.115. The molecule has 0 heterocycles. The first kappa shape index (κ1) is 19.3. The highest BCUT2D eigenvalue weighted by Gasteiger charge is 2.07. The maximum absolute atomic E-state index is 12.0. The van der Waals surface area contributed by atoms with Gasteiger partial charge in [0.05, 0.1) is 33.4 Å². The van der Waals surface area contributed by atoms with Crippen LogP contribution >= 0.6 is 0 Å². The molecule has 0 saturated carbocycles. The maximum atomic E-state index is 12.0. The van der Waals surface area contributed by atoms with Gasteiger partial charge in [0.1, 0.15) is 0 Å². The molecule has 0 atom stereocenters. The van der Waals surface area contributed by atoms with Crippen LogP contribution in [-0.4, -0.2) is 39.8 Å². The van der Waals surface area contributed by atoms with E-state index in [9.17, 15) is 9.59 Å². The third-order valence-corrected chi connectivity index (χ3v) is 3.65. The van der Waals surface area contributed by atoms with E-state index in [1.807, 2.05) is 18.2 Å². The minimum absolute atomic E-state index is 0.146. The number of carbonyl (C=O) groups excluding carboxylic acids is 2. The van der Waals surface area contributed by atoms with E-state index in [1.54, 1.807) is 38.5 Å². The molecule has 2 aromatic rings. The van der Waals surface area contributed by atoms with Gasteiger partial charge >= 0.3 is 5.97 Å². The minimum Gasteiger partial charge on any atom is -0.493 e. The SMILES string of the molecule is COC(=O)c1ccc(NC(=O)CNCc2ccc(OC)c(OC)c2)cc1. The smallest absolute Gasteiger partial charge is 0.337 e. The van der Waals surface area contributed by atoms with Crippen LogP contribution in [0.4, 0.5) is 5.69 Å². The van der Waals surface area contributed by atoms with Gasteiger partial charge < -0.3 is 24.8 Å². The molecule has 0 unspecified atom stereocenters. The molecule has 0 aliphatic carbocycles. The lowest BCUT2D eigenvalue weighted by atomic mass is 10.2. The number of amides is 1. The van der Waals surface area contributed by atoms with E-state index >= 15 is 0 Å². The number of rotatable bonds is 8. The largest absolute Gasteiger partial charge is 0.493 e. The van der Waals surface area contributed by atoms with Gasteiger partial charge in [-0.2, -0.15) is 0 Å². The highest BCUT2D eigenvalue weighted by Crippen LogP contribution is 2.27. The predicted molar refractivity (Wildman–Crippen MR) is 97.7 cm³/mol. The van der Waals surface area contributed by atoms with E-state index in [0.717, 1.165) is 5.56 Å². The standard InChI is InChI=1S/C19H22N2O5/c1-24-16-9-4-13(10-17(16)25-2)11-20-12-18(22)21-15-7-5-14(6-8-15)19(23)26-3/h4-10,20H,11-12H2,1-3H3,(H,21,22). The normalized spacial score (nSPS) is 10.1. The third kappa shape index (κ3) is 5.22. The Labute approximate surface area is 152 Å². The topological polar surface area (TPSA) is 85.9 Å². The molecule has 0 radical (unpaired) electrons. The lowest BCUT2D eigenvalue weighted by Crippen LogP contribution is -2.27. The van der Waals surface area contributed by atoms with Gasteiger partial charge in [-0.05, 0) is 42.0 Å². The van der Waals surface area contributed by atoms with Crippen LogP contribution in [0.15, 0.2) is 42.5 Å². The van der Waals surface area contributed by atoms with Crippen LogP contribution in [-0.2, 0) is 16.1 Å². The summed E-state index contributed by atoms with van der Waals surface area (Å²) < 4.78 is 15.1. The van der Waals surface area contributed by atoms with E-state index in [2.05, 4.69) is 15.4 Å². The monoisotopic (exact) mass is 358 g/mol. The molecule has 138 valence electrons. The van der Waals surface area contributed by atoms with Crippen LogP contribution in [0.2, 0.25) is 0 Å². The molecule has 7 nitrogen and oxygen atoms in total. The van der Waals surface area contributed by atoms with E-state index < -0.39 is 5.97 Å². The van der Waals surface area contributed by atoms with Crippen molar-refractivity contribution in [3.63, 3.8) is 0 Å². The summed E-state index contributed by atoms with van der Waals surface area (Å²) in [5, 5.41) is 5.82. The highest BCUT2D eigenvalue weighted by molar-refractivity contribution is 5.93. The van der Waals surface area contributed by atoms with Gasteiger partial charge in [-0.25, -0.2) is 4.79 Å². The summed E-state index contributed by atoms with van der Waals surface area (Å²) in [6.07, 6.45) is 0. The fraction of sp³-hybridized carbons (Fsp3) is 0.263. The van der Waals surface area contributed by atoms with Gasteiger partial charge in [0.25, 0.3) is 0 Å². The molecule has 0 bridgehead atoms. The number of hydrogen-bond acceptors (Lipinski definition) is 6. The van der Waals surface area contributed by atoms with Crippen molar-refractivity contribution in [3.05, 3.63) is 53.6 Å². The average Bonchev–Trinajstić information content (AvgIpc) is 2.67. The Hall–Kier alpha value is -3.06. The second-order valence-electron chi connectivity index (χ2n) is 5.41. The first-order chi connectivity index (χ1) is 12.6. The summed E-state index contributed by atoms with van der Waals surface area (Å²) in [4.78, 5) is 23.4. The number of ether oxygens (including phenoxy) is 3. The summed E-state index contributed by atoms with van der Waals surface area (Å²) >= 11 is 0. The van der Waals surface area contributed by atoms with Gasteiger partial charge in [-0.1, -0.05) is 6.07 Å². The fourth-order valence-corrected chi connectivity index (χ4v) is 2.32. The van der Waals surface area contributed by atoms with Gasteiger partial charge in [0, 0.05) is 12.2 Å². The Morgan fingerprint density at radius 1 is 0.923 bits per heavy atom. The zero-order valence-electron chi connectivity index (χ0n) is 15.0. The number of anilines is 1. The van der Waals surface area contributed by atoms with Crippen molar-refractivity contribution >= 4 is 17.6 Å². The number of carbonyl (C=O) groups is 2. The molecular formula is C19H22N2O5. The van der Waals surface area contributed by atoms with Crippen LogP contribution < -0.4 is 20.1 Å². The van der Waals surface area contributed by atoms with Gasteiger partial charge in [0.2, 0.25) is 5.91 Å². The van der Waals surface area contributed by atoms with Crippen LogP contribution in [0.25, 0.3) is 0 Å². The van der Waals surface area contributed by atoms with Crippen molar-refractivity contribution in [1.82, 2.24) is 5.32 Å². The van der Waals surface area contributed by atoms with E-state index in [4.69, 9.17) is 9.47 Å². The Kier molecular flexibility index (Phi) is 6.99. The number of methoxy groups -OCH3 is 3. The summed E-state index contributed by atoms with van der Waals surface area (Å²) in [5.41, 5.74) is 2.01. The molecule has 0 fully saturated rings. The van der Waals surface area contributed by atoms with Gasteiger partial charge in [-0.15, -0.1) is 0 Å². The Balaban J connectivity index is 1.82. The Bertz CT molecular complexity index is 759. The molecule has 0 aromatic heterocycles. The molecule has 1 amide bonds. The zero-order chi connectivity index (χ0) is 18.9. The number of benzene rings is 2. The molecule has 26 heavy (non-hydrogen) atoms. The molecule has 2 rings (SSSR count). The molecule has 0 saturated heterocycles. The van der Waals surface area contributed by atoms with Crippen molar-refractivity contribution in [2.75, 3.05) is 33.2 Å². The summed E-state index contributed by atoms with van der Waals surface area (Å²) in [7, 11) is 4.48. The minimum atomic E-state index is -0.417. The van der Waals surface area contributed by atoms with Crippen LogP contribution in [0.3, 0.4) is 0 Å². The highest BCUT2D eigenvalue weighted by atomic mass is 16.5. The fourth-order valence-electron chi connectivity index (χ4n) is 2.32. The second-order valence-corrected chi connectivity index (χ2v) is 5.41. The average molecular weight is 358 g/mol. The number of esters is 1.